The largest absolute Gasteiger partial charge is 0.322 e. The Bertz CT molecular complexity index is 1260. The van der Waals surface area contributed by atoms with Gasteiger partial charge in [-0.05, 0) is 55.2 Å². The minimum absolute atomic E-state index is 0. The molecular formula is C29H32N2O2RuS. The van der Waals surface area contributed by atoms with Gasteiger partial charge in [0.15, 0.2) is 0 Å². The molecule has 35 heavy (non-hydrogen) atoms. The summed E-state index contributed by atoms with van der Waals surface area (Å²) in [4.78, 5) is 0.226. The number of hydrogen-bond donors (Lipinski definition) is 2. The molecular weight excluding hydrogens is 541 g/mol. The van der Waals surface area contributed by atoms with Crippen molar-refractivity contribution in [2.45, 2.75) is 37.8 Å². The Hall–Kier alpha value is -2.63. The molecule has 0 unspecified atom stereocenters. The van der Waals surface area contributed by atoms with Crippen LogP contribution in [0.25, 0.3) is 0 Å². The van der Waals surface area contributed by atoms with E-state index in [0.717, 1.165) is 16.7 Å². The van der Waals surface area contributed by atoms with Crippen LogP contribution < -0.4 is 10.5 Å². The van der Waals surface area contributed by atoms with Gasteiger partial charge in [-0.3, -0.25) is 0 Å². The minimum atomic E-state index is -3.71. The van der Waals surface area contributed by atoms with Crippen molar-refractivity contribution in [3.8, 4) is 0 Å². The predicted molar refractivity (Wildman–Crippen MR) is 140 cm³/mol. The molecule has 184 valence electrons. The van der Waals surface area contributed by atoms with Crippen LogP contribution in [0.4, 0.5) is 0 Å². The first-order valence-electron chi connectivity index (χ1n) is 11.2. The maximum atomic E-state index is 12.9. The minimum Gasteiger partial charge on any atom is -0.322 e. The number of aryl methyl sites for hydroxylation is 3. The summed E-state index contributed by atoms with van der Waals surface area (Å²) in [7, 11) is -3.71. The summed E-state index contributed by atoms with van der Waals surface area (Å²) in [5.74, 6) is 0. The Morgan fingerprint density at radius 3 is 1.51 bits per heavy atom. The normalized spacial score (nSPS) is 12.5. The Kier molecular flexibility index (Phi) is 11.0. The van der Waals surface area contributed by atoms with Gasteiger partial charge in [-0.2, -0.15) is 0 Å². The second-order valence-corrected chi connectivity index (χ2v) is 10.1. The van der Waals surface area contributed by atoms with Crippen LogP contribution in [-0.4, -0.2) is 8.42 Å². The zero-order valence-corrected chi connectivity index (χ0v) is 22.8. The van der Waals surface area contributed by atoms with Crippen LogP contribution >= 0.6 is 0 Å². The molecule has 0 aliphatic carbocycles. The van der Waals surface area contributed by atoms with Crippen molar-refractivity contribution in [1.29, 1.82) is 0 Å². The summed E-state index contributed by atoms with van der Waals surface area (Å²) < 4.78 is 28.6. The summed E-state index contributed by atoms with van der Waals surface area (Å²) in [6.07, 6.45) is 0. The number of rotatable bonds is 6. The van der Waals surface area contributed by atoms with E-state index in [1.54, 1.807) is 24.3 Å². The molecule has 0 aliphatic heterocycles. The Morgan fingerprint density at radius 1 is 0.629 bits per heavy atom. The van der Waals surface area contributed by atoms with Crippen molar-refractivity contribution < 1.29 is 27.9 Å². The van der Waals surface area contributed by atoms with Crippen molar-refractivity contribution in [3.63, 3.8) is 0 Å². The first kappa shape index (κ1) is 28.6. The van der Waals surface area contributed by atoms with Gasteiger partial charge < -0.3 is 5.73 Å². The zero-order chi connectivity index (χ0) is 24.6. The van der Waals surface area contributed by atoms with E-state index in [9.17, 15) is 8.42 Å². The van der Waals surface area contributed by atoms with Crippen molar-refractivity contribution >= 4 is 10.0 Å². The van der Waals surface area contributed by atoms with Crippen LogP contribution in [0, 0.1) is 20.8 Å². The molecule has 0 amide bonds. The summed E-state index contributed by atoms with van der Waals surface area (Å²) in [6.45, 7) is 6.16. The smallest absolute Gasteiger partial charge is 0.241 e. The third-order valence-electron chi connectivity index (χ3n) is 5.74. The van der Waals surface area contributed by atoms with Gasteiger partial charge in [-0.15, -0.1) is 0 Å². The number of hydrogen-bond acceptors (Lipinski definition) is 3. The van der Waals surface area contributed by atoms with Crippen molar-refractivity contribution in [1.82, 2.24) is 4.72 Å². The summed E-state index contributed by atoms with van der Waals surface area (Å²) in [5, 5.41) is 0. The van der Waals surface area contributed by atoms with Crippen LogP contribution in [0.3, 0.4) is 0 Å². The van der Waals surface area contributed by atoms with Crippen LogP contribution in [0.5, 0.6) is 0 Å². The van der Waals surface area contributed by atoms with Crippen LogP contribution in [-0.2, 0) is 29.5 Å². The van der Waals surface area contributed by atoms with Crippen molar-refractivity contribution in [2.24, 2.45) is 5.73 Å². The first-order valence-corrected chi connectivity index (χ1v) is 12.7. The van der Waals surface area contributed by atoms with E-state index in [-0.39, 0.29) is 24.4 Å². The standard InChI is InChI=1S/C21H22N2O2S.C8H10.Ru/c1-16-12-14-19(15-13-16)26(24,25)23-21(18-10-6-3-7-11-18)20(22)17-8-4-2-5-9-17;1-7-5-3-4-6-8(7)2;/h2-15,20-21,23H,22H2,1H3;3-6H,1-2H3;/t20-,21-;;/m1../s1. The van der Waals surface area contributed by atoms with Gasteiger partial charge in [-0.25, -0.2) is 13.1 Å². The van der Waals surface area contributed by atoms with E-state index in [1.165, 1.54) is 11.1 Å². The van der Waals surface area contributed by atoms with Gasteiger partial charge in [0.05, 0.1) is 17.0 Å². The monoisotopic (exact) mass is 574 g/mol. The molecule has 0 spiro atoms. The van der Waals surface area contributed by atoms with Gasteiger partial charge in [-0.1, -0.05) is 103 Å². The Labute approximate surface area is 222 Å². The van der Waals surface area contributed by atoms with Crippen molar-refractivity contribution in [3.05, 3.63) is 137 Å². The molecule has 0 aliphatic rings. The number of sulfonamides is 1. The fourth-order valence-corrected chi connectivity index (χ4v) is 4.74. The van der Waals surface area contributed by atoms with Gasteiger partial charge in [0.1, 0.15) is 0 Å². The SMILES string of the molecule is Cc1ccc(S(=O)(=O)N[C@H](c2ccccc2)[C@H](N)c2ccccc2)cc1.Cc1ccccc1C.[Ru]. The molecule has 0 saturated heterocycles. The Balaban J connectivity index is 0.000000409. The van der Waals surface area contributed by atoms with Gasteiger partial charge in [0, 0.05) is 19.5 Å². The van der Waals surface area contributed by atoms with E-state index >= 15 is 0 Å². The molecule has 4 rings (SSSR count). The predicted octanol–water partition coefficient (Wildman–Crippen LogP) is 6.02. The summed E-state index contributed by atoms with van der Waals surface area (Å²) >= 11 is 0. The molecule has 2 atom stereocenters. The number of nitrogens with two attached hydrogens (primary N) is 1. The molecule has 3 N–H and O–H groups in total. The van der Waals surface area contributed by atoms with E-state index < -0.39 is 22.1 Å². The Morgan fingerprint density at radius 2 is 1.06 bits per heavy atom. The first-order chi connectivity index (χ1) is 16.3. The maximum Gasteiger partial charge on any atom is 0.241 e. The average Bonchev–Trinajstić information content (AvgIpc) is 2.86. The third kappa shape index (κ3) is 8.22. The third-order valence-corrected chi connectivity index (χ3v) is 7.20. The number of nitrogens with one attached hydrogen (secondary N) is 1. The fourth-order valence-electron chi connectivity index (χ4n) is 3.49. The van der Waals surface area contributed by atoms with E-state index in [4.69, 9.17) is 5.73 Å². The second kappa shape index (κ2) is 13.5. The molecule has 0 radical (unpaired) electrons. The summed E-state index contributed by atoms with van der Waals surface area (Å²) in [5.41, 5.74) is 11.9. The topological polar surface area (TPSA) is 72.2 Å². The van der Waals surface area contributed by atoms with E-state index in [1.807, 2.05) is 67.6 Å². The fraction of sp³-hybridized carbons (Fsp3) is 0.172. The maximum absolute atomic E-state index is 12.9. The van der Waals surface area contributed by atoms with Crippen LogP contribution in [0.2, 0.25) is 0 Å². The number of benzene rings is 4. The summed E-state index contributed by atoms with van der Waals surface area (Å²) in [6, 6.07) is 32.9. The molecule has 4 aromatic carbocycles. The molecule has 4 nitrogen and oxygen atoms in total. The van der Waals surface area contributed by atoms with Gasteiger partial charge in [0.2, 0.25) is 10.0 Å². The molecule has 0 saturated carbocycles. The molecule has 6 heteroatoms. The van der Waals surface area contributed by atoms with Crippen molar-refractivity contribution in [2.75, 3.05) is 0 Å². The molecule has 0 aromatic heterocycles. The van der Waals surface area contributed by atoms with Gasteiger partial charge in [0.25, 0.3) is 0 Å². The quantitative estimate of drug-likeness (QED) is 0.277. The molecule has 0 bridgehead atoms. The van der Waals surface area contributed by atoms with E-state index in [2.05, 4.69) is 42.8 Å². The van der Waals surface area contributed by atoms with Gasteiger partial charge >= 0.3 is 0 Å². The molecule has 0 heterocycles. The molecule has 4 aromatic rings. The van der Waals surface area contributed by atoms with Crippen LogP contribution in [0.1, 0.15) is 39.9 Å². The average molecular weight is 574 g/mol. The molecule has 0 fully saturated rings. The van der Waals surface area contributed by atoms with E-state index in [0.29, 0.717) is 0 Å². The zero-order valence-electron chi connectivity index (χ0n) is 20.2. The van der Waals surface area contributed by atoms with Crippen LogP contribution in [0.15, 0.2) is 114 Å². The second-order valence-electron chi connectivity index (χ2n) is 8.34.